The summed E-state index contributed by atoms with van der Waals surface area (Å²) in [4.78, 5) is 11.9. The number of hydrogen-bond acceptors (Lipinski definition) is 5. The molecule has 0 unspecified atom stereocenters. The van der Waals surface area contributed by atoms with Crippen LogP contribution in [0.15, 0.2) is 18.2 Å². The van der Waals surface area contributed by atoms with Gasteiger partial charge in [-0.25, -0.2) is 0 Å². The average Bonchev–Trinajstić information content (AvgIpc) is 2.46. The molecule has 0 saturated heterocycles. The van der Waals surface area contributed by atoms with Gasteiger partial charge in [-0.3, -0.25) is 4.79 Å². The van der Waals surface area contributed by atoms with E-state index in [1.807, 2.05) is 0 Å². The molecule has 6 nitrogen and oxygen atoms in total. The van der Waals surface area contributed by atoms with E-state index in [9.17, 15) is 4.79 Å². The summed E-state index contributed by atoms with van der Waals surface area (Å²) in [6.45, 7) is 2.30. The molecule has 0 aliphatic carbocycles. The Morgan fingerprint density at radius 1 is 1.25 bits per heavy atom. The van der Waals surface area contributed by atoms with E-state index in [4.69, 9.17) is 19.9 Å². The molecule has 0 aliphatic rings. The smallest absolute Gasteiger partial charge is 0.251 e. The highest BCUT2D eigenvalue weighted by Crippen LogP contribution is 2.21. The Morgan fingerprint density at radius 3 is 2.75 bits per heavy atom. The summed E-state index contributed by atoms with van der Waals surface area (Å²) in [5, 5.41) is 2.81. The van der Waals surface area contributed by atoms with Crippen molar-refractivity contribution in [2.75, 3.05) is 46.3 Å². The summed E-state index contributed by atoms with van der Waals surface area (Å²) < 4.78 is 15.2. The van der Waals surface area contributed by atoms with E-state index < -0.39 is 0 Å². The number of nitrogens with one attached hydrogen (secondary N) is 1. The number of anilines is 1. The zero-order chi connectivity index (χ0) is 14.8. The van der Waals surface area contributed by atoms with Gasteiger partial charge in [-0.15, -0.1) is 0 Å². The summed E-state index contributed by atoms with van der Waals surface area (Å²) in [5.41, 5.74) is 6.73. The third-order valence-electron chi connectivity index (χ3n) is 2.68. The van der Waals surface area contributed by atoms with Crippen LogP contribution in [0, 0.1) is 0 Å². The summed E-state index contributed by atoms with van der Waals surface area (Å²) >= 11 is 0. The van der Waals surface area contributed by atoms with Gasteiger partial charge in [0.1, 0.15) is 5.75 Å². The quantitative estimate of drug-likeness (QED) is 0.523. The molecule has 3 N–H and O–H groups in total. The molecular weight excluding hydrogens is 260 g/mol. The van der Waals surface area contributed by atoms with Gasteiger partial charge in [0, 0.05) is 25.8 Å². The highest BCUT2D eigenvalue weighted by molar-refractivity contribution is 5.95. The lowest BCUT2D eigenvalue weighted by Gasteiger charge is -2.08. The van der Waals surface area contributed by atoms with Gasteiger partial charge in [0.05, 0.1) is 26.0 Å². The van der Waals surface area contributed by atoms with Gasteiger partial charge in [-0.1, -0.05) is 0 Å². The highest BCUT2D eigenvalue weighted by Gasteiger charge is 2.08. The average molecular weight is 282 g/mol. The Labute approximate surface area is 119 Å². The van der Waals surface area contributed by atoms with Gasteiger partial charge < -0.3 is 25.3 Å². The molecule has 0 bridgehead atoms. The largest absolute Gasteiger partial charge is 0.495 e. The molecule has 0 aliphatic heterocycles. The zero-order valence-corrected chi connectivity index (χ0v) is 12.0. The van der Waals surface area contributed by atoms with Gasteiger partial charge >= 0.3 is 0 Å². The molecule has 1 aromatic rings. The first-order chi connectivity index (χ1) is 9.69. The van der Waals surface area contributed by atoms with Crippen LogP contribution in [0.4, 0.5) is 5.69 Å². The molecule has 6 heteroatoms. The second-order valence-electron chi connectivity index (χ2n) is 4.17. The maximum atomic E-state index is 11.9. The summed E-state index contributed by atoms with van der Waals surface area (Å²) in [5.74, 6) is 0.348. The number of rotatable bonds is 9. The van der Waals surface area contributed by atoms with E-state index in [1.165, 1.54) is 7.11 Å². The lowest BCUT2D eigenvalue weighted by molar-refractivity contribution is 0.0688. The van der Waals surface area contributed by atoms with Crippen LogP contribution in [0.1, 0.15) is 16.8 Å². The minimum Gasteiger partial charge on any atom is -0.495 e. The Hall–Kier alpha value is -1.79. The molecule has 0 fully saturated rings. The fourth-order valence-corrected chi connectivity index (χ4v) is 1.57. The number of carbonyl (C=O) groups is 1. The summed E-state index contributed by atoms with van der Waals surface area (Å²) in [6, 6.07) is 4.95. The first-order valence-electron chi connectivity index (χ1n) is 6.47. The number of nitrogens with two attached hydrogens (primary N) is 1. The van der Waals surface area contributed by atoms with Gasteiger partial charge in [0.25, 0.3) is 5.91 Å². The number of hydrogen-bond donors (Lipinski definition) is 2. The van der Waals surface area contributed by atoms with E-state index in [-0.39, 0.29) is 5.91 Å². The fourth-order valence-electron chi connectivity index (χ4n) is 1.57. The van der Waals surface area contributed by atoms with E-state index in [0.29, 0.717) is 43.4 Å². The van der Waals surface area contributed by atoms with Gasteiger partial charge in [0.15, 0.2) is 0 Å². The fraction of sp³-hybridized carbons (Fsp3) is 0.500. The second kappa shape index (κ2) is 9.17. The molecule has 1 rings (SSSR count). The van der Waals surface area contributed by atoms with Crippen molar-refractivity contribution in [3.63, 3.8) is 0 Å². The minimum absolute atomic E-state index is 0.153. The van der Waals surface area contributed by atoms with Crippen LogP contribution in [0.3, 0.4) is 0 Å². The molecule has 0 saturated carbocycles. The molecule has 0 aromatic heterocycles. The number of amides is 1. The lowest BCUT2D eigenvalue weighted by atomic mass is 10.2. The number of carbonyl (C=O) groups excluding carboxylic acids is 1. The van der Waals surface area contributed by atoms with Crippen molar-refractivity contribution in [2.45, 2.75) is 6.42 Å². The van der Waals surface area contributed by atoms with Crippen molar-refractivity contribution in [3.8, 4) is 5.75 Å². The molecule has 0 radical (unpaired) electrons. The molecule has 20 heavy (non-hydrogen) atoms. The molecule has 0 heterocycles. The maximum absolute atomic E-state index is 11.9. The van der Waals surface area contributed by atoms with Crippen LogP contribution in [0.5, 0.6) is 5.75 Å². The van der Waals surface area contributed by atoms with Crippen LogP contribution < -0.4 is 15.8 Å². The van der Waals surface area contributed by atoms with Crippen LogP contribution in [0.25, 0.3) is 0 Å². The molecular formula is C14H22N2O4. The minimum atomic E-state index is -0.153. The van der Waals surface area contributed by atoms with Crippen LogP contribution in [-0.2, 0) is 9.47 Å². The summed E-state index contributed by atoms with van der Waals surface area (Å²) in [6.07, 6.45) is 0.752. The molecule has 0 atom stereocenters. The van der Waals surface area contributed by atoms with Crippen LogP contribution in [-0.4, -0.2) is 46.5 Å². The number of nitrogen functional groups attached to an aromatic ring is 1. The Bertz CT molecular complexity index is 424. The van der Waals surface area contributed by atoms with Crippen molar-refractivity contribution in [2.24, 2.45) is 0 Å². The lowest BCUT2D eigenvalue weighted by Crippen LogP contribution is -2.25. The Kier molecular flexibility index (Phi) is 7.46. The highest BCUT2D eigenvalue weighted by atomic mass is 16.5. The third kappa shape index (κ3) is 5.46. The standard InChI is InChI=1S/C14H22N2O4/c1-18-8-9-20-7-3-6-16-14(17)11-4-5-12(15)13(10-11)19-2/h4-5,10H,3,6-9,15H2,1-2H3,(H,16,17). The molecule has 1 amide bonds. The van der Waals surface area contributed by atoms with Crippen LogP contribution >= 0.6 is 0 Å². The normalized spacial score (nSPS) is 10.3. The monoisotopic (exact) mass is 282 g/mol. The van der Waals surface area contributed by atoms with E-state index >= 15 is 0 Å². The SMILES string of the molecule is COCCOCCCNC(=O)c1ccc(N)c(OC)c1. The molecule has 112 valence electrons. The van der Waals surface area contributed by atoms with E-state index in [1.54, 1.807) is 25.3 Å². The number of ether oxygens (including phenoxy) is 3. The van der Waals surface area contributed by atoms with Crippen molar-refractivity contribution < 1.29 is 19.0 Å². The van der Waals surface area contributed by atoms with E-state index in [0.717, 1.165) is 6.42 Å². The third-order valence-corrected chi connectivity index (χ3v) is 2.68. The predicted molar refractivity (Wildman–Crippen MR) is 77.1 cm³/mol. The Balaban J connectivity index is 2.29. The Morgan fingerprint density at radius 2 is 2.05 bits per heavy atom. The van der Waals surface area contributed by atoms with Crippen molar-refractivity contribution in [3.05, 3.63) is 23.8 Å². The van der Waals surface area contributed by atoms with Gasteiger partial charge in [-0.2, -0.15) is 0 Å². The molecule has 1 aromatic carbocycles. The zero-order valence-electron chi connectivity index (χ0n) is 12.0. The first kappa shape index (κ1) is 16.3. The van der Waals surface area contributed by atoms with Gasteiger partial charge in [0.2, 0.25) is 0 Å². The maximum Gasteiger partial charge on any atom is 0.251 e. The first-order valence-corrected chi connectivity index (χ1v) is 6.47. The van der Waals surface area contributed by atoms with Crippen molar-refractivity contribution in [1.82, 2.24) is 5.32 Å². The van der Waals surface area contributed by atoms with E-state index in [2.05, 4.69) is 5.32 Å². The topological polar surface area (TPSA) is 82.8 Å². The summed E-state index contributed by atoms with van der Waals surface area (Å²) in [7, 11) is 3.15. The predicted octanol–water partition coefficient (Wildman–Crippen LogP) is 1.06. The van der Waals surface area contributed by atoms with Crippen molar-refractivity contribution in [1.29, 1.82) is 0 Å². The van der Waals surface area contributed by atoms with Gasteiger partial charge in [-0.05, 0) is 24.6 Å². The van der Waals surface area contributed by atoms with Crippen molar-refractivity contribution >= 4 is 11.6 Å². The second-order valence-corrected chi connectivity index (χ2v) is 4.17. The van der Waals surface area contributed by atoms with Crippen LogP contribution in [0.2, 0.25) is 0 Å². The number of methoxy groups -OCH3 is 2. The molecule has 0 spiro atoms. The number of benzene rings is 1.